The minimum atomic E-state index is -1.05. The van der Waals surface area contributed by atoms with Gasteiger partial charge in [-0.1, -0.05) is 30.3 Å². The van der Waals surface area contributed by atoms with Gasteiger partial charge in [-0.25, -0.2) is 0 Å². The zero-order chi connectivity index (χ0) is 15.4. The number of hydrogen-bond donors (Lipinski definition) is 1. The van der Waals surface area contributed by atoms with Crippen LogP contribution >= 0.6 is 11.8 Å². The van der Waals surface area contributed by atoms with Crippen LogP contribution in [0.5, 0.6) is 0 Å². The van der Waals surface area contributed by atoms with Gasteiger partial charge >= 0.3 is 5.97 Å². The van der Waals surface area contributed by atoms with Crippen LogP contribution in [0.4, 0.5) is 0 Å². The Hall–Kier alpha value is -2.26. The largest absolute Gasteiger partial charge is 0.468 e. The normalized spacial score (nSPS) is 21.5. The average Bonchev–Trinajstić information content (AvgIpc) is 2.53. The van der Waals surface area contributed by atoms with Gasteiger partial charge in [0.2, 0.25) is 5.91 Å². The number of methoxy groups -OCH3 is 1. The van der Waals surface area contributed by atoms with Crippen molar-refractivity contribution >= 4 is 23.6 Å². The maximum absolute atomic E-state index is 12.2. The van der Waals surface area contributed by atoms with E-state index in [1.807, 2.05) is 18.2 Å². The molecule has 1 aliphatic rings. The monoisotopic (exact) mass is 302 g/mol. The highest BCUT2D eigenvalue weighted by atomic mass is 32.2. The summed E-state index contributed by atoms with van der Waals surface area (Å²) in [6, 6.07) is 11.2. The van der Waals surface area contributed by atoms with E-state index in [9.17, 15) is 14.9 Å². The first-order valence-corrected chi connectivity index (χ1v) is 7.48. The number of carbonyl (C=O) groups excluding carboxylic acids is 2. The second-order valence-electron chi connectivity index (χ2n) is 4.44. The number of nitrogens with zero attached hydrogens (tertiary/aromatic N) is 1. The molecule has 0 aliphatic carbocycles. The Labute approximate surface area is 127 Å². The molecule has 0 fully saturated rings. The third-order valence-corrected chi connectivity index (χ3v) is 4.08. The van der Waals surface area contributed by atoms with Gasteiger partial charge in [-0.3, -0.25) is 9.59 Å². The highest BCUT2D eigenvalue weighted by Gasteiger charge is 2.43. The molecule has 1 aromatic carbocycles. The van der Waals surface area contributed by atoms with Gasteiger partial charge in [0.05, 0.1) is 23.8 Å². The number of rotatable bonds is 3. The molecule has 2 atom stereocenters. The standard InChI is InChI=1S/C15H14N2O3S/c1-20-15(19)12-11(9-6-4-3-5-7-9)10(8-16)14(21-2)17-13(12)18/h3-7,11-12H,1-2H3,(H,17,18)/t11-,12-/m1/s1. The first-order chi connectivity index (χ1) is 10.1. The number of hydrogen-bond acceptors (Lipinski definition) is 5. The van der Waals surface area contributed by atoms with Gasteiger partial charge in [0.15, 0.2) is 0 Å². The average molecular weight is 302 g/mol. The van der Waals surface area contributed by atoms with Crippen LogP contribution in [0.1, 0.15) is 11.5 Å². The summed E-state index contributed by atoms with van der Waals surface area (Å²) in [7, 11) is 1.23. The molecule has 2 rings (SSSR count). The minimum Gasteiger partial charge on any atom is -0.468 e. The number of thioether (sulfide) groups is 1. The number of nitrogens with one attached hydrogen (secondary N) is 1. The molecule has 1 aromatic rings. The fourth-order valence-corrected chi connectivity index (χ4v) is 2.98. The molecule has 0 bridgehead atoms. The van der Waals surface area contributed by atoms with Crippen molar-refractivity contribution in [3.05, 3.63) is 46.5 Å². The van der Waals surface area contributed by atoms with E-state index in [1.165, 1.54) is 18.9 Å². The van der Waals surface area contributed by atoms with Crippen LogP contribution in [0.2, 0.25) is 0 Å². The third kappa shape index (κ3) is 2.78. The Morgan fingerprint density at radius 3 is 2.57 bits per heavy atom. The first kappa shape index (κ1) is 15.1. The number of amides is 1. The van der Waals surface area contributed by atoms with E-state index < -0.39 is 23.7 Å². The highest BCUT2D eigenvalue weighted by Crippen LogP contribution is 2.39. The van der Waals surface area contributed by atoms with Crippen molar-refractivity contribution in [3.63, 3.8) is 0 Å². The second-order valence-corrected chi connectivity index (χ2v) is 5.25. The van der Waals surface area contributed by atoms with E-state index in [0.717, 1.165) is 5.56 Å². The summed E-state index contributed by atoms with van der Waals surface area (Å²) in [5.74, 6) is -2.77. The lowest BCUT2D eigenvalue weighted by molar-refractivity contribution is -0.150. The molecule has 0 aromatic heterocycles. The van der Waals surface area contributed by atoms with Crippen molar-refractivity contribution in [1.29, 1.82) is 5.26 Å². The summed E-state index contributed by atoms with van der Waals surface area (Å²) in [4.78, 5) is 24.2. The topological polar surface area (TPSA) is 79.2 Å². The van der Waals surface area contributed by atoms with Crippen molar-refractivity contribution in [3.8, 4) is 6.07 Å². The van der Waals surface area contributed by atoms with Crippen molar-refractivity contribution in [1.82, 2.24) is 5.32 Å². The lowest BCUT2D eigenvalue weighted by atomic mass is 9.78. The number of nitriles is 1. The number of esters is 1. The second kappa shape index (κ2) is 6.46. The SMILES string of the molecule is COC(=O)[C@H]1C(=O)NC(SC)=C(C#N)[C@H]1c1ccccc1. The Kier molecular flexibility index (Phi) is 4.66. The Bertz CT molecular complexity index is 634. The zero-order valence-corrected chi connectivity index (χ0v) is 12.4. The van der Waals surface area contributed by atoms with Gasteiger partial charge in [0.25, 0.3) is 0 Å². The van der Waals surface area contributed by atoms with E-state index in [-0.39, 0.29) is 0 Å². The molecule has 0 unspecified atom stereocenters. The molecular weight excluding hydrogens is 288 g/mol. The van der Waals surface area contributed by atoms with Gasteiger partial charge in [-0.2, -0.15) is 5.26 Å². The van der Waals surface area contributed by atoms with E-state index >= 15 is 0 Å². The summed E-state index contributed by atoms with van der Waals surface area (Å²) in [6.45, 7) is 0. The van der Waals surface area contributed by atoms with Crippen LogP contribution < -0.4 is 5.32 Å². The Morgan fingerprint density at radius 1 is 1.38 bits per heavy atom. The van der Waals surface area contributed by atoms with Crippen LogP contribution in [0.3, 0.4) is 0 Å². The molecule has 0 saturated heterocycles. The highest BCUT2D eigenvalue weighted by molar-refractivity contribution is 8.02. The number of allylic oxidation sites excluding steroid dienone is 1. The van der Waals surface area contributed by atoms with Gasteiger partial charge in [-0.05, 0) is 11.8 Å². The number of benzene rings is 1. The molecule has 0 saturated carbocycles. The van der Waals surface area contributed by atoms with E-state index in [0.29, 0.717) is 10.6 Å². The van der Waals surface area contributed by atoms with Gasteiger partial charge in [0, 0.05) is 5.92 Å². The van der Waals surface area contributed by atoms with Crippen molar-refractivity contribution in [2.75, 3.05) is 13.4 Å². The van der Waals surface area contributed by atoms with E-state index in [2.05, 4.69) is 11.4 Å². The van der Waals surface area contributed by atoms with Crippen molar-refractivity contribution < 1.29 is 14.3 Å². The maximum atomic E-state index is 12.2. The van der Waals surface area contributed by atoms with Gasteiger partial charge in [0.1, 0.15) is 5.92 Å². The van der Waals surface area contributed by atoms with Crippen LogP contribution in [-0.4, -0.2) is 25.2 Å². The fourth-order valence-electron chi connectivity index (χ4n) is 2.39. The summed E-state index contributed by atoms with van der Waals surface area (Å²) < 4.78 is 4.73. The molecular formula is C15H14N2O3S. The molecule has 0 spiro atoms. The van der Waals surface area contributed by atoms with Crippen LogP contribution in [-0.2, 0) is 14.3 Å². The lowest BCUT2D eigenvalue weighted by Gasteiger charge is -2.30. The predicted molar refractivity (Wildman–Crippen MR) is 79.0 cm³/mol. The Morgan fingerprint density at radius 2 is 2.05 bits per heavy atom. The third-order valence-electron chi connectivity index (χ3n) is 3.35. The van der Waals surface area contributed by atoms with Crippen molar-refractivity contribution in [2.24, 2.45) is 5.92 Å². The van der Waals surface area contributed by atoms with Gasteiger partial charge < -0.3 is 10.1 Å². The molecule has 1 aliphatic heterocycles. The van der Waals surface area contributed by atoms with E-state index in [4.69, 9.17) is 4.74 Å². The van der Waals surface area contributed by atoms with Crippen LogP contribution in [0.15, 0.2) is 40.9 Å². The maximum Gasteiger partial charge on any atom is 0.319 e. The zero-order valence-electron chi connectivity index (χ0n) is 11.6. The molecule has 1 amide bonds. The van der Waals surface area contributed by atoms with Gasteiger partial charge in [-0.15, -0.1) is 11.8 Å². The van der Waals surface area contributed by atoms with Crippen molar-refractivity contribution in [2.45, 2.75) is 5.92 Å². The van der Waals surface area contributed by atoms with E-state index in [1.54, 1.807) is 18.4 Å². The first-order valence-electron chi connectivity index (χ1n) is 6.26. The summed E-state index contributed by atoms with van der Waals surface area (Å²) in [6.07, 6.45) is 1.77. The summed E-state index contributed by atoms with van der Waals surface area (Å²) >= 11 is 1.28. The fraction of sp³-hybridized carbons (Fsp3) is 0.267. The Balaban J connectivity index is 2.62. The minimum absolute atomic E-state index is 0.378. The molecule has 5 nitrogen and oxygen atoms in total. The lowest BCUT2D eigenvalue weighted by Crippen LogP contribution is -2.44. The smallest absolute Gasteiger partial charge is 0.319 e. The molecule has 108 valence electrons. The summed E-state index contributed by atoms with van der Waals surface area (Å²) in [5.41, 5.74) is 1.12. The van der Waals surface area contributed by atoms with Crippen LogP contribution in [0, 0.1) is 17.2 Å². The molecule has 1 N–H and O–H groups in total. The number of carbonyl (C=O) groups is 2. The quantitative estimate of drug-likeness (QED) is 0.680. The van der Waals surface area contributed by atoms with Crippen LogP contribution in [0.25, 0.3) is 0 Å². The summed E-state index contributed by atoms with van der Waals surface area (Å²) in [5, 5.41) is 12.6. The molecule has 21 heavy (non-hydrogen) atoms. The predicted octanol–water partition coefficient (Wildman–Crippen LogP) is 1.79. The number of ether oxygens (including phenoxy) is 1. The molecule has 1 heterocycles. The molecule has 6 heteroatoms. The molecule has 0 radical (unpaired) electrons.